The van der Waals surface area contributed by atoms with Gasteiger partial charge in [-0.25, -0.2) is 0 Å². The van der Waals surface area contributed by atoms with Crippen LogP contribution in [0.15, 0.2) is 12.8 Å². The number of hydrogen-bond donors (Lipinski definition) is 0. The zero-order chi connectivity index (χ0) is 13.2. The molecule has 2 nitrogen and oxygen atoms in total. The van der Waals surface area contributed by atoms with Gasteiger partial charge in [-0.1, -0.05) is 6.58 Å². The summed E-state index contributed by atoms with van der Waals surface area (Å²) < 4.78 is 87.7. The van der Waals surface area contributed by atoms with E-state index in [9.17, 15) is 35.5 Å². The van der Waals surface area contributed by atoms with Gasteiger partial charge in [0.15, 0.2) is 0 Å². The maximum Gasteiger partial charge on any atom is 0.459 e. The minimum absolute atomic E-state index is 0.337. The molecule has 0 fully saturated rings. The first-order chi connectivity index (χ1) is 6.95. The second kappa shape index (κ2) is 4.30. The minimum Gasteiger partial charge on any atom is -0.435 e. The summed E-state index contributed by atoms with van der Waals surface area (Å²) in [5.74, 6) is -13.8. The Morgan fingerprint density at radius 1 is 1.12 bits per heavy atom. The van der Waals surface area contributed by atoms with Crippen LogP contribution < -0.4 is 0 Å². The highest BCUT2D eigenvalue weighted by Crippen LogP contribution is 2.48. The van der Waals surface area contributed by atoms with Gasteiger partial charge in [0.05, 0.1) is 6.26 Å². The van der Waals surface area contributed by atoms with E-state index in [0.29, 0.717) is 6.26 Å². The van der Waals surface area contributed by atoms with E-state index < -0.39 is 30.4 Å². The summed E-state index contributed by atoms with van der Waals surface area (Å²) >= 11 is 0. The molecule has 0 aliphatic carbocycles. The van der Waals surface area contributed by atoms with Crippen molar-refractivity contribution in [2.45, 2.75) is 24.4 Å². The first kappa shape index (κ1) is 14.7. The summed E-state index contributed by atoms with van der Waals surface area (Å²) in [6.45, 7) is 2.74. The van der Waals surface area contributed by atoms with Gasteiger partial charge in [0.2, 0.25) is 0 Å². The lowest BCUT2D eigenvalue weighted by molar-refractivity contribution is -0.354. The van der Waals surface area contributed by atoms with Crippen molar-refractivity contribution in [1.82, 2.24) is 0 Å². The van der Waals surface area contributed by atoms with Gasteiger partial charge in [-0.3, -0.25) is 4.79 Å². The number of hydrogen-bond acceptors (Lipinski definition) is 2. The van der Waals surface area contributed by atoms with Gasteiger partial charge in [0.25, 0.3) is 0 Å². The van der Waals surface area contributed by atoms with Gasteiger partial charge in [0.1, 0.15) is 6.42 Å². The molecule has 0 unspecified atom stereocenters. The first-order valence-corrected chi connectivity index (χ1v) is 3.58. The van der Waals surface area contributed by atoms with Crippen LogP contribution in [0.5, 0.6) is 0 Å². The Balaban J connectivity index is 4.91. The molecular weight excluding hydrogens is 249 g/mol. The number of alkyl halides is 7. The van der Waals surface area contributed by atoms with E-state index in [4.69, 9.17) is 0 Å². The third-order valence-corrected chi connectivity index (χ3v) is 1.40. The topological polar surface area (TPSA) is 26.3 Å². The quantitative estimate of drug-likeness (QED) is 0.438. The van der Waals surface area contributed by atoms with E-state index >= 15 is 0 Å². The molecule has 16 heavy (non-hydrogen) atoms. The standard InChI is InChI=1S/C7H5F7O2/c1-2-16-4(15)3-5(8,9)6(10,11)7(12,13)14/h2H,1,3H2. The molecule has 0 aromatic rings. The molecule has 0 aromatic carbocycles. The van der Waals surface area contributed by atoms with Crippen molar-refractivity contribution in [3.8, 4) is 0 Å². The van der Waals surface area contributed by atoms with Crippen LogP contribution in [-0.4, -0.2) is 24.0 Å². The highest BCUT2D eigenvalue weighted by Gasteiger charge is 2.73. The Morgan fingerprint density at radius 2 is 1.56 bits per heavy atom. The summed E-state index contributed by atoms with van der Waals surface area (Å²) in [5, 5.41) is 0. The molecule has 0 N–H and O–H groups in total. The maximum atomic E-state index is 12.5. The van der Waals surface area contributed by atoms with Crippen molar-refractivity contribution in [2.24, 2.45) is 0 Å². The molecule has 0 bridgehead atoms. The summed E-state index contributed by atoms with van der Waals surface area (Å²) in [6, 6.07) is 0. The van der Waals surface area contributed by atoms with Crippen molar-refractivity contribution in [3.63, 3.8) is 0 Å². The highest BCUT2D eigenvalue weighted by atomic mass is 19.4. The Labute approximate surface area is 84.7 Å². The molecular formula is C7H5F7O2. The fourth-order valence-electron chi connectivity index (χ4n) is 0.634. The first-order valence-electron chi connectivity index (χ1n) is 3.58. The lowest BCUT2D eigenvalue weighted by atomic mass is 10.1. The molecule has 0 aromatic heterocycles. The van der Waals surface area contributed by atoms with E-state index in [0.717, 1.165) is 0 Å². The Bertz CT molecular complexity index is 281. The van der Waals surface area contributed by atoms with Crippen LogP contribution >= 0.6 is 0 Å². The SMILES string of the molecule is C=COC(=O)CC(F)(F)C(F)(F)C(F)(F)F. The van der Waals surface area contributed by atoms with Gasteiger partial charge in [0, 0.05) is 0 Å². The summed E-state index contributed by atoms with van der Waals surface area (Å²) in [4.78, 5) is 10.4. The van der Waals surface area contributed by atoms with Crippen molar-refractivity contribution in [3.05, 3.63) is 12.8 Å². The monoisotopic (exact) mass is 254 g/mol. The number of rotatable bonds is 4. The largest absolute Gasteiger partial charge is 0.459 e. The van der Waals surface area contributed by atoms with Crippen LogP contribution in [0.25, 0.3) is 0 Å². The lowest BCUT2D eigenvalue weighted by Gasteiger charge is -2.27. The maximum absolute atomic E-state index is 12.5. The fraction of sp³-hybridized carbons (Fsp3) is 0.571. The average molecular weight is 254 g/mol. The van der Waals surface area contributed by atoms with E-state index in [1.165, 1.54) is 0 Å². The van der Waals surface area contributed by atoms with Crippen molar-refractivity contribution in [2.75, 3.05) is 0 Å². The molecule has 94 valence electrons. The zero-order valence-corrected chi connectivity index (χ0v) is 7.45. The molecule has 9 heteroatoms. The van der Waals surface area contributed by atoms with Crippen molar-refractivity contribution >= 4 is 5.97 Å². The number of carbonyl (C=O) groups is 1. The Hall–Kier alpha value is -1.28. The number of ether oxygens (including phenoxy) is 1. The third kappa shape index (κ3) is 2.86. The van der Waals surface area contributed by atoms with Gasteiger partial charge in [-0.05, 0) is 0 Å². The van der Waals surface area contributed by atoms with Gasteiger partial charge in [-0.15, -0.1) is 0 Å². The predicted octanol–water partition coefficient (Wildman–Crippen LogP) is 2.90. The van der Waals surface area contributed by atoms with E-state index in [1.807, 2.05) is 0 Å². The molecule has 0 rings (SSSR count). The molecule has 0 atom stereocenters. The second-order valence-corrected chi connectivity index (χ2v) is 2.61. The molecule has 0 amide bonds. The average Bonchev–Trinajstić information content (AvgIpc) is 2.00. The fourth-order valence-corrected chi connectivity index (χ4v) is 0.634. The Morgan fingerprint density at radius 3 is 1.88 bits per heavy atom. The minimum atomic E-state index is -6.45. The smallest absolute Gasteiger partial charge is 0.435 e. The van der Waals surface area contributed by atoms with E-state index in [-0.39, 0.29) is 0 Å². The zero-order valence-electron chi connectivity index (χ0n) is 7.45. The molecule has 0 spiro atoms. The second-order valence-electron chi connectivity index (χ2n) is 2.61. The van der Waals surface area contributed by atoms with Crippen molar-refractivity contribution in [1.29, 1.82) is 0 Å². The van der Waals surface area contributed by atoms with Crippen molar-refractivity contribution < 1.29 is 40.3 Å². The van der Waals surface area contributed by atoms with Gasteiger partial charge >= 0.3 is 24.0 Å². The van der Waals surface area contributed by atoms with Crippen LogP contribution in [0.4, 0.5) is 30.7 Å². The lowest BCUT2D eigenvalue weighted by Crippen LogP contribution is -2.52. The molecule has 0 saturated carbocycles. The summed E-state index contributed by atoms with van der Waals surface area (Å²) in [5.41, 5.74) is 0. The van der Waals surface area contributed by atoms with Gasteiger partial charge in [-0.2, -0.15) is 30.7 Å². The van der Waals surface area contributed by atoms with Crippen LogP contribution in [0.1, 0.15) is 6.42 Å². The van der Waals surface area contributed by atoms with Gasteiger partial charge < -0.3 is 4.74 Å². The highest BCUT2D eigenvalue weighted by molar-refractivity contribution is 5.71. The number of carbonyl (C=O) groups excluding carboxylic acids is 1. The van der Waals surface area contributed by atoms with Crippen LogP contribution in [-0.2, 0) is 9.53 Å². The number of halogens is 7. The van der Waals surface area contributed by atoms with E-state index in [1.54, 1.807) is 0 Å². The summed E-state index contributed by atoms with van der Waals surface area (Å²) in [6.07, 6.45) is -8.51. The van der Waals surface area contributed by atoms with Crippen LogP contribution in [0, 0.1) is 0 Å². The molecule has 0 radical (unpaired) electrons. The molecule has 0 heterocycles. The summed E-state index contributed by atoms with van der Waals surface area (Å²) in [7, 11) is 0. The Kier molecular flexibility index (Phi) is 3.96. The van der Waals surface area contributed by atoms with E-state index in [2.05, 4.69) is 11.3 Å². The number of esters is 1. The van der Waals surface area contributed by atoms with Crippen LogP contribution in [0.2, 0.25) is 0 Å². The third-order valence-electron chi connectivity index (χ3n) is 1.40. The van der Waals surface area contributed by atoms with Crippen LogP contribution in [0.3, 0.4) is 0 Å². The molecule has 0 aliphatic rings. The normalized spacial score (nSPS) is 13.4. The molecule has 0 saturated heterocycles. The predicted molar refractivity (Wildman–Crippen MR) is 36.9 cm³/mol. The molecule has 0 aliphatic heterocycles.